The fraction of sp³-hybridized carbons (Fsp3) is 0.231. The summed E-state index contributed by atoms with van der Waals surface area (Å²) in [4.78, 5) is 18.8. The average molecular weight is 229 g/mol. The van der Waals surface area contributed by atoms with Crippen molar-refractivity contribution >= 4 is 5.91 Å². The van der Waals surface area contributed by atoms with Crippen molar-refractivity contribution < 1.29 is 4.79 Å². The van der Waals surface area contributed by atoms with Gasteiger partial charge < -0.3 is 10.3 Å². The summed E-state index contributed by atoms with van der Waals surface area (Å²) in [5, 5.41) is 2.86. The van der Waals surface area contributed by atoms with Gasteiger partial charge in [0, 0.05) is 25.1 Å². The SMILES string of the molecule is Cc1cccnc1CC(=O)NCc1cc[nH]c1. The van der Waals surface area contributed by atoms with E-state index in [2.05, 4.69) is 15.3 Å². The van der Waals surface area contributed by atoms with Gasteiger partial charge in [0.2, 0.25) is 5.91 Å². The number of hydrogen-bond donors (Lipinski definition) is 2. The van der Waals surface area contributed by atoms with Crippen molar-refractivity contribution in [3.8, 4) is 0 Å². The number of aromatic nitrogens is 2. The highest BCUT2D eigenvalue weighted by molar-refractivity contribution is 5.78. The highest BCUT2D eigenvalue weighted by atomic mass is 16.1. The van der Waals surface area contributed by atoms with Crippen molar-refractivity contribution in [2.24, 2.45) is 0 Å². The molecule has 0 spiro atoms. The van der Waals surface area contributed by atoms with Crippen LogP contribution in [0.1, 0.15) is 16.8 Å². The van der Waals surface area contributed by atoms with Gasteiger partial charge in [0.1, 0.15) is 0 Å². The number of carbonyl (C=O) groups is 1. The van der Waals surface area contributed by atoms with Crippen molar-refractivity contribution in [1.82, 2.24) is 15.3 Å². The summed E-state index contributed by atoms with van der Waals surface area (Å²) in [6.45, 7) is 2.51. The van der Waals surface area contributed by atoms with E-state index in [1.54, 1.807) is 6.20 Å². The molecule has 0 bridgehead atoms. The number of pyridine rings is 1. The van der Waals surface area contributed by atoms with Gasteiger partial charge in [-0.25, -0.2) is 0 Å². The Bertz CT molecular complexity index is 491. The van der Waals surface area contributed by atoms with Crippen LogP contribution >= 0.6 is 0 Å². The summed E-state index contributed by atoms with van der Waals surface area (Å²) in [5.74, 6) is -0.00648. The number of aryl methyl sites for hydroxylation is 1. The van der Waals surface area contributed by atoms with Crippen molar-refractivity contribution in [3.05, 3.63) is 53.6 Å². The predicted molar refractivity (Wildman–Crippen MR) is 65.3 cm³/mol. The molecule has 0 radical (unpaired) electrons. The Balaban J connectivity index is 1.87. The number of carbonyl (C=O) groups excluding carboxylic acids is 1. The van der Waals surface area contributed by atoms with Crippen molar-refractivity contribution in [1.29, 1.82) is 0 Å². The van der Waals surface area contributed by atoms with Crippen LogP contribution in [0.25, 0.3) is 0 Å². The third-order valence-corrected chi connectivity index (χ3v) is 2.60. The monoisotopic (exact) mass is 229 g/mol. The number of nitrogens with zero attached hydrogens (tertiary/aromatic N) is 1. The van der Waals surface area contributed by atoms with E-state index in [4.69, 9.17) is 0 Å². The first-order chi connectivity index (χ1) is 8.25. The van der Waals surface area contributed by atoms with E-state index in [9.17, 15) is 4.79 Å². The van der Waals surface area contributed by atoms with E-state index in [-0.39, 0.29) is 5.91 Å². The fourth-order valence-electron chi connectivity index (χ4n) is 1.59. The Morgan fingerprint density at radius 3 is 3.06 bits per heavy atom. The van der Waals surface area contributed by atoms with Crippen LogP contribution < -0.4 is 5.32 Å². The molecule has 88 valence electrons. The molecule has 2 rings (SSSR count). The molecule has 0 aromatic carbocycles. The smallest absolute Gasteiger partial charge is 0.226 e. The van der Waals surface area contributed by atoms with Gasteiger partial charge in [0.15, 0.2) is 0 Å². The van der Waals surface area contributed by atoms with E-state index >= 15 is 0 Å². The second-order valence-corrected chi connectivity index (χ2v) is 3.94. The first-order valence-electron chi connectivity index (χ1n) is 5.54. The topological polar surface area (TPSA) is 57.8 Å². The number of hydrogen-bond acceptors (Lipinski definition) is 2. The summed E-state index contributed by atoms with van der Waals surface area (Å²) < 4.78 is 0. The molecular weight excluding hydrogens is 214 g/mol. The molecule has 0 saturated heterocycles. The van der Waals surface area contributed by atoms with Gasteiger partial charge in [-0.05, 0) is 30.2 Å². The number of rotatable bonds is 4. The normalized spacial score (nSPS) is 10.2. The van der Waals surface area contributed by atoms with E-state index in [1.165, 1.54) is 0 Å². The van der Waals surface area contributed by atoms with E-state index in [0.717, 1.165) is 16.8 Å². The number of aromatic amines is 1. The first kappa shape index (κ1) is 11.4. The lowest BCUT2D eigenvalue weighted by atomic mass is 10.1. The second kappa shape index (κ2) is 5.30. The Morgan fingerprint density at radius 1 is 1.47 bits per heavy atom. The maximum absolute atomic E-state index is 11.7. The molecule has 17 heavy (non-hydrogen) atoms. The van der Waals surface area contributed by atoms with Crippen LogP contribution in [-0.2, 0) is 17.8 Å². The van der Waals surface area contributed by atoms with E-state index in [1.807, 2.05) is 37.5 Å². The molecule has 2 aromatic rings. The van der Waals surface area contributed by atoms with E-state index in [0.29, 0.717) is 13.0 Å². The molecule has 0 aliphatic rings. The zero-order chi connectivity index (χ0) is 12.1. The molecule has 0 aliphatic carbocycles. The molecule has 1 amide bonds. The van der Waals surface area contributed by atoms with Gasteiger partial charge in [-0.2, -0.15) is 0 Å². The lowest BCUT2D eigenvalue weighted by Gasteiger charge is -2.05. The van der Waals surface area contributed by atoms with Gasteiger partial charge in [-0.3, -0.25) is 9.78 Å². The Kier molecular flexibility index (Phi) is 3.55. The summed E-state index contributed by atoms with van der Waals surface area (Å²) in [6, 6.07) is 5.77. The molecule has 0 saturated carbocycles. The lowest BCUT2D eigenvalue weighted by Crippen LogP contribution is -2.25. The summed E-state index contributed by atoms with van der Waals surface area (Å²) >= 11 is 0. The number of nitrogens with one attached hydrogen (secondary N) is 2. The van der Waals surface area contributed by atoms with Gasteiger partial charge in [-0.1, -0.05) is 6.07 Å². The Morgan fingerprint density at radius 2 is 2.35 bits per heavy atom. The largest absolute Gasteiger partial charge is 0.367 e. The van der Waals surface area contributed by atoms with Crippen LogP contribution in [0, 0.1) is 6.92 Å². The van der Waals surface area contributed by atoms with Crippen LogP contribution in [0.4, 0.5) is 0 Å². The molecule has 2 aromatic heterocycles. The molecular formula is C13H15N3O. The molecule has 2 N–H and O–H groups in total. The highest BCUT2D eigenvalue weighted by Crippen LogP contribution is 2.04. The minimum atomic E-state index is -0.00648. The van der Waals surface area contributed by atoms with Crippen molar-refractivity contribution in [2.45, 2.75) is 19.9 Å². The zero-order valence-electron chi connectivity index (χ0n) is 9.73. The minimum absolute atomic E-state index is 0.00648. The van der Waals surface area contributed by atoms with Crippen LogP contribution in [0.15, 0.2) is 36.8 Å². The van der Waals surface area contributed by atoms with Crippen LogP contribution in [0.5, 0.6) is 0 Å². The summed E-state index contributed by atoms with van der Waals surface area (Å²) in [6.07, 6.45) is 5.75. The van der Waals surface area contributed by atoms with Crippen molar-refractivity contribution in [2.75, 3.05) is 0 Å². The quantitative estimate of drug-likeness (QED) is 0.836. The van der Waals surface area contributed by atoms with Crippen molar-refractivity contribution in [3.63, 3.8) is 0 Å². The standard InChI is InChI=1S/C13H15N3O/c1-10-3-2-5-15-12(10)7-13(17)16-9-11-4-6-14-8-11/h2-6,8,14H,7,9H2,1H3,(H,16,17). The van der Waals surface area contributed by atoms with Gasteiger partial charge in [-0.15, -0.1) is 0 Å². The first-order valence-corrected chi connectivity index (χ1v) is 5.54. The van der Waals surface area contributed by atoms with Crippen LogP contribution in [-0.4, -0.2) is 15.9 Å². The highest BCUT2D eigenvalue weighted by Gasteiger charge is 2.06. The maximum Gasteiger partial charge on any atom is 0.226 e. The molecule has 0 unspecified atom stereocenters. The Hall–Kier alpha value is -2.10. The minimum Gasteiger partial charge on any atom is -0.367 e. The molecule has 0 fully saturated rings. The van der Waals surface area contributed by atoms with Crippen LogP contribution in [0.2, 0.25) is 0 Å². The Labute approximate surface area is 100 Å². The number of H-pyrrole nitrogens is 1. The molecule has 0 aliphatic heterocycles. The second-order valence-electron chi connectivity index (χ2n) is 3.94. The molecule has 0 atom stereocenters. The summed E-state index contributed by atoms with van der Waals surface area (Å²) in [7, 11) is 0. The predicted octanol–water partition coefficient (Wildman–Crippen LogP) is 1.58. The van der Waals surface area contributed by atoms with Gasteiger partial charge in [0.05, 0.1) is 12.1 Å². The molecule has 4 nitrogen and oxygen atoms in total. The van der Waals surface area contributed by atoms with Crippen LogP contribution in [0.3, 0.4) is 0 Å². The van der Waals surface area contributed by atoms with E-state index < -0.39 is 0 Å². The lowest BCUT2D eigenvalue weighted by molar-refractivity contribution is -0.120. The van der Waals surface area contributed by atoms with Gasteiger partial charge in [0.25, 0.3) is 0 Å². The van der Waals surface area contributed by atoms with Gasteiger partial charge >= 0.3 is 0 Å². The molecule has 2 heterocycles. The zero-order valence-corrected chi connectivity index (χ0v) is 9.73. The summed E-state index contributed by atoms with van der Waals surface area (Å²) in [5.41, 5.74) is 2.94. The third-order valence-electron chi connectivity index (χ3n) is 2.60. The fourth-order valence-corrected chi connectivity index (χ4v) is 1.59. The third kappa shape index (κ3) is 3.17. The maximum atomic E-state index is 11.7. The number of amides is 1. The molecule has 4 heteroatoms. The average Bonchev–Trinajstić information content (AvgIpc) is 2.82.